The van der Waals surface area contributed by atoms with Gasteiger partial charge in [0.2, 0.25) is 13.8 Å². The van der Waals surface area contributed by atoms with Crippen LogP contribution < -0.4 is 10.6 Å². The van der Waals surface area contributed by atoms with Gasteiger partial charge in [0.25, 0.3) is 0 Å². The van der Waals surface area contributed by atoms with Crippen molar-refractivity contribution in [2.45, 2.75) is 76.0 Å². The Morgan fingerprint density at radius 3 is 2.50 bits per heavy atom. The molecule has 1 aliphatic rings. The number of hydrogen-bond acceptors (Lipinski definition) is 5. The van der Waals surface area contributed by atoms with Crippen LogP contribution in [-0.4, -0.2) is 54.4 Å². The molecule has 6 unspecified atom stereocenters. The quantitative estimate of drug-likeness (QED) is 0.308. The van der Waals surface area contributed by atoms with E-state index in [1.54, 1.807) is 6.92 Å². The van der Waals surface area contributed by atoms with E-state index >= 15 is 0 Å². The standard InChI is InChI=1S/C28H37BN2O4S/c1-4-24(26(33)15-21-10-9-17(2)13-23(21)18(3)32)30-27(34)25(31-28(29)35)16-36-22-12-11-19-7-5-6-8-20(19)14-22/h5-8,11-12,14,17,21,23-26,33H,4,9-10,13,15-16H2,1-3H3,(H,30,34)(H,31,35). The number of Topliss-reactive ketones (excluding diaryl/α,β-unsaturated/α-hetero) is 1. The Labute approximate surface area is 219 Å². The lowest BCUT2D eigenvalue weighted by molar-refractivity contribution is -0.126. The third kappa shape index (κ3) is 7.84. The number of aliphatic hydroxyl groups excluding tert-OH is 1. The fraction of sp³-hybridized carbons (Fsp3) is 0.536. The maximum atomic E-state index is 13.1. The van der Waals surface area contributed by atoms with Gasteiger partial charge in [-0.05, 0) is 67.3 Å². The number of carbonyl (C=O) groups is 3. The number of amides is 2. The summed E-state index contributed by atoms with van der Waals surface area (Å²) in [5.74, 6) is -0.104. The number of carbonyl (C=O) groups excluding carboxylic acids is 3. The summed E-state index contributed by atoms with van der Waals surface area (Å²) < 4.78 is 0. The number of nitrogens with one attached hydrogen (secondary N) is 2. The predicted molar refractivity (Wildman–Crippen MR) is 146 cm³/mol. The van der Waals surface area contributed by atoms with Crippen LogP contribution in [0.5, 0.6) is 0 Å². The normalized spacial score (nSPS) is 22.4. The van der Waals surface area contributed by atoms with Crippen LogP contribution in [0.2, 0.25) is 0 Å². The molecule has 2 amide bonds. The second-order valence-electron chi connectivity index (χ2n) is 10.1. The number of ketones is 1. The maximum absolute atomic E-state index is 13.1. The van der Waals surface area contributed by atoms with Gasteiger partial charge in [0, 0.05) is 16.6 Å². The fourth-order valence-corrected chi connectivity index (χ4v) is 6.21. The summed E-state index contributed by atoms with van der Waals surface area (Å²) in [5, 5.41) is 18.7. The van der Waals surface area contributed by atoms with E-state index in [9.17, 15) is 19.5 Å². The molecule has 0 spiro atoms. The molecule has 0 saturated heterocycles. The Balaban J connectivity index is 1.62. The van der Waals surface area contributed by atoms with E-state index in [1.165, 1.54) is 11.8 Å². The number of hydrogen-bond donors (Lipinski definition) is 3. The van der Waals surface area contributed by atoms with Gasteiger partial charge in [0.15, 0.2) is 5.81 Å². The summed E-state index contributed by atoms with van der Waals surface area (Å²) in [6.45, 7) is 5.70. The zero-order valence-corrected chi connectivity index (χ0v) is 22.2. The summed E-state index contributed by atoms with van der Waals surface area (Å²) in [7, 11) is 5.36. The van der Waals surface area contributed by atoms with Gasteiger partial charge in [-0.15, -0.1) is 11.8 Å². The Hall–Kier alpha value is -2.32. The molecule has 2 aromatic rings. The third-order valence-electron chi connectivity index (χ3n) is 7.32. The van der Waals surface area contributed by atoms with Crippen LogP contribution in [0.1, 0.15) is 52.9 Å². The Bertz CT molecular complexity index is 1060. The van der Waals surface area contributed by atoms with Crippen LogP contribution in [0.4, 0.5) is 4.79 Å². The second kappa shape index (κ2) is 13.3. The van der Waals surface area contributed by atoms with Gasteiger partial charge >= 0.3 is 0 Å². The van der Waals surface area contributed by atoms with E-state index in [0.717, 1.165) is 34.9 Å². The molecule has 0 aliphatic heterocycles. The van der Waals surface area contributed by atoms with Crippen molar-refractivity contribution in [1.29, 1.82) is 0 Å². The van der Waals surface area contributed by atoms with E-state index in [2.05, 4.69) is 17.6 Å². The summed E-state index contributed by atoms with van der Waals surface area (Å²) in [6.07, 6.45) is 3.02. The van der Waals surface area contributed by atoms with Crippen LogP contribution in [0, 0.1) is 17.8 Å². The first-order valence-corrected chi connectivity index (χ1v) is 13.8. The zero-order valence-electron chi connectivity index (χ0n) is 21.4. The highest BCUT2D eigenvalue weighted by Gasteiger charge is 2.35. The minimum absolute atomic E-state index is 0.0424. The molecule has 3 N–H and O–H groups in total. The summed E-state index contributed by atoms with van der Waals surface area (Å²) in [6, 6.07) is 12.8. The Morgan fingerprint density at radius 2 is 1.83 bits per heavy atom. The number of aliphatic hydroxyl groups is 1. The minimum Gasteiger partial charge on any atom is -0.391 e. The minimum atomic E-state index is -0.847. The van der Waals surface area contributed by atoms with Gasteiger partial charge in [-0.3, -0.25) is 14.4 Å². The SMILES string of the molecule is [B]C(=O)NC(CSc1ccc2ccccc2c1)C(=O)NC(CC)C(O)CC1CCC(C)CC1C(C)=O. The monoisotopic (exact) mass is 508 g/mol. The van der Waals surface area contributed by atoms with Gasteiger partial charge in [0.1, 0.15) is 11.8 Å². The van der Waals surface area contributed by atoms with Crippen molar-refractivity contribution in [2.24, 2.45) is 17.8 Å². The molecule has 3 rings (SSSR count). The molecule has 2 aromatic carbocycles. The molecule has 6 atom stereocenters. The highest BCUT2D eigenvalue weighted by atomic mass is 32.2. The van der Waals surface area contributed by atoms with Crippen LogP contribution >= 0.6 is 11.8 Å². The van der Waals surface area contributed by atoms with Gasteiger partial charge in [-0.25, -0.2) is 0 Å². The number of benzene rings is 2. The molecule has 8 heteroatoms. The summed E-state index contributed by atoms with van der Waals surface area (Å²) in [4.78, 5) is 37.9. The first kappa shape index (κ1) is 28.3. The van der Waals surface area contributed by atoms with Crippen molar-refractivity contribution in [1.82, 2.24) is 10.6 Å². The van der Waals surface area contributed by atoms with Crippen LogP contribution in [0.15, 0.2) is 47.4 Å². The van der Waals surface area contributed by atoms with Crippen LogP contribution in [0.3, 0.4) is 0 Å². The van der Waals surface area contributed by atoms with Crippen molar-refractivity contribution >= 4 is 47.9 Å². The third-order valence-corrected chi connectivity index (χ3v) is 8.41. The molecule has 1 aliphatic carbocycles. The van der Waals surface area contributed by atoms with Gasteiger partial charge in [0.05, 0.1) is 12.1 Å². The lowest BCUT2D eigenvalue weighted by atomic mass is 9.70. The van der Waals surface area contributed by atoms with Crippen LogP contribution in [-0.2, 0) is 9.59 Å². The lowest BCUT2D eigenvalue weighted by Gasteiger charge is -2.36. The molecule has 0 aromatic heterocycles. The first-order valence-electron chi connectivity index (χ1n) is 12.8. The predicted octanol–water partition coefficient (Wildman–Crippen LogP) is 4.47. The summed E-state index contributed by atoms with van der Waals surface area (Å²) >= 11 is 1.46. The molecule has 1 saturated carbocycles. The van der Waals surface area contributed by atoms with E-state index in [4.69, 9.17) is 7.85 Å². The van der Waals surface area contributed by atoms with Gasteiger partial charge in [-0.1, -0.05) is 50.6 Å². The number of fused-ring (bicyclic) bond motifs is 1. The average molecular weight is 508 g/mol. The van der Waals surface area contributed by atoms with Crippen molar-refractivity contribution in [3.8, 4) is 0 Å². The van der Waals surface area contributed by atoms with Crippen molar-refractivity contribution < 1.29 is 19.5 Å². The van der Waals surface area contributed by atoms with E-state index in [0.29, 0.717) is 24.5 Å². The highest BCUT2D eigenvalue weighted by molar-refractivity contribution is 7.99. The molecule has 36 heavy (non-hydrogen) atoms. The van der Waals surface area contributed by atoms with Gasteiger partial charge in [-0.2, -0.15) is 0 Å². The first-order chi connectivity index (χ1) is 17.2. The summed E-state index contributed by atoms with van der Waals surface area (Å²) in [5.41, 5.74) is 0. The lowest BCUT2D eigenvalue weighted by Crippen LogP contribution is -2.53. The topological polar surface area (TPSA) is 95.5 Å². The van der Waals surface area contributed by atoms with E-state index in [-0.39, 0.29) is 23.5 Å². The van der Waals surface area contributed by atoms with E-state index < -0.39 is 24.0 Å². The molecule has 1 fully saturated rings. The van der Waals surface area contributed by atoms with Crippen LogP contribution in [0.25, 0.3) is 10.8 Å². The van der Waals surface area contributed by atoms with Crippen molar-refractivity contribution in [3.05, 3.63) is 42.5 Å². The molecule has 2 radical (unpaired) electrons. The number of thioether (sulfide) groups is 1. The zero-order chi connectivity index (χ0) is 26.2. The number of rotatable bonds is 11. The molecule has 0 heterocycles. The molecule has 0 bridgehead atoms. The van der Waals surface area contributed by atoms with E-state index in [1.807, 2.05) is 49.4 Å². The molecule has 6 nitrogen and oxygen atoms in total. The Morgan fingerprint density at radius 1 is 1.11 bits per heavy atom. The largest absolute Gasteiger partial charge is 0.391 e. The molecule has 192 valence electrons. The average Bonchev–Trinajstić information content (AvgIpc) is 2.85. The maximum Gasteiger partial charge on any atom is 0.243 e. The second-order valence-corrected chi connectivity index (χ2v) is 11.2. The van der Waals surface area contributed by atoms with Gasteiger partial charge < -0.3 is 15.7 Å². The Kier molecular flexibility index (Phi) is 10.4. The van der Waals surface area contributed by atoms with Crippen molar-refractivity contribution in [3.63, 3.8) is 0 Å². The molecular weight excluding hydrogens is 471 g/mol. The highest BCUT2D eigenvalue weighted by Crippen LogP contribution is 2.37. The molecular formula is C28H37BN2O4S. The smallest absolute Gasteiger partial charge is 0.243 e. The van der Waals surface area contributed by atoms with Crippen molar-refractivity contribution in [2.75, 3.05) is 5.75 Å². The fourth-order valence-electron chi connectivity index (χ4n) is 5.24.